The Labute approximate surface area is 267 Å². The molecule has 1 aromatic carbocycles. The normalized spacial score (nSPS) is 21.4. The summed E-state index contributed by atoms with van der Waals surface area (Å²) in [6.45, 7) is 13.3. The Hall–Kier alpha value is -3.29. The summed E-state index contributed by atoms with van der Waals surface area (Å²) < 4.78 is 23.6. The molecule has 2 amide bonds. The molecule has 1 aromatic heterocycles. The molecule has 0 bridgehead atoms. The molecule has 13 heteroatoms. The Kier molecular flexibility index (Phi) is 10.3. The Bertz CT molecular complexity index is 1450. The minimum Gasteiger partial charge on any atom is -0.364 e. The lowest BCUT2D eigenvalue weighted by molar-refractivity contribution is -0.131. The van der Waals surface area contributed by atoms with E-state index in [0.717, 1.165) is 45.3 Å². The molecule has 5 rings (SSSR count). The second-order valence-electron chi connectivity index (χ2n) is 13.4. The van der Waals surface area contributed by atoms with Crippen LogP contribution in [0.25, 0.3) is 0 Å². The average molecular weight is 641 g/mol. The zero-order valence-electron chi connectivity index (χ0n) is 26.9. The van der Waals surface area contributed by atoms with Crippen molar-refractivity contribution in [3.63, 3.8) is 0 Å². The van der Waals surface area contributed by atoms with E-state index in [1.165, 1.54) is 44.3 Å². The Morgan fingerprint density at radius 2 is 1.71 bits per heavy atom. The second-order valence-corrected chi connectivity index (χ2v) is 15.4. The van der Waals surface area contributed by atoms with E-state index in [0.29, 0.717) is 35.9 Å². The molecule has 246 valence electrons. The molecule has 4 N–H and O–H groups in total. The van der Waals surface area contributed by atoms with Crippen LogP contribution in [0, 0.1) is 17.8 Å². The number of carbonyl (C=O) groups is 2. The molecule has 12 nitrogen and oxygen atoms in total. The maximum Gasteiger partial charge on any atom is 0.271 e. The fourth-order valence-corrected chi connectivity index (χ4v) is 7.19. The molecule has 0 radical (unpaired) electrons. The number of carbonyl (C=O) groups excluding carboxylic acids is 2. The van der Waals surface area contributed by atoms with Crippen LogP contribution in [0.4, 0.5) is 17.3 Å². The number of piperidine rings is 2. The van der Waals surface area contributed by atoms with E-state index in [2.05, 4.69) is 56.1 Å². The van der Waals surface area contributed by atoms with Crippen molar-refractivity contribution in [2.24, 2.45) is 23.5 Å². The van der Waals surface area contributed by atoms with E-state index in [1.54, 1.807) is 12.1 Å². The van der Waals surface area contributed by atoms with E-state index in [9.17, 15) is 18.0 Å². The van der Waals surface area contributed by atoms with Crippen LogP contribution < -0.4 is 21.3 Å². The molecule has 2 aromatic rings. The summed E-state index contributed by atoms with van der Waals surface area (Å²) in [7, 11) is -3.34. The van der Waals surface area contributed by atoms with E-state index >= 15 is 0 Å². The lowest BCUT2D eigenvalue weighted by Gasteiger charge is -2.44. The van der Waals surface area contributed by atoms with Crippen LogP contribution in [-0.2, 0) is 14.6 Å². The SMILES string of the molecule is CC(C)[C@H](C)N1CCC(CN2CC(C(=O)NC3CCCN(c4cnc(C(N)=O)c(Nc5ccc(S(C)(=O)=O)cc5)n4)C3)C2)CC1. The largest absolute Gasteiger partial charge is 0.364 e. The van der Waals surface area contributed by atoms with Gasteiger partial charge in [-0.3, -0.25) is 9.59 Å². The van der Waals surface area contributed by atoms with Gasteiger partial charge in [0.05, 0.1) is 17.0 Å². The van der Waals surface area contributed by atoms with Crippen LogP contribution in [0.1, 0.15) is 56.9 Å². The monoisotopic (exact) mass is 640 g/mol. The van der Waals surface area contributed by atoms with E-state index in [1.807, 2.05) is 0 Å². The van der Waals surface area contributed by atoms with E-state index in [-0.39, 0.29) is 34.3 Å². The summed E-state index contributed by atoms with van der Waals surface area (Å²) in [5, 5.41) is 6.33. The third kappa shape index (κ3) is 8.30. The first-order valence-corrected chi connectivity index (χ1v) is 18.0. The highest BCUT2D eigenvalue weighted by Gasteiger charge is 2.36. The smallest absolute Gasteiger partial charge is 0.271 e. The number of anilines is 3. The molecule has 4 heterocycles. The van der Waals surface area contributed by atoms with Gasteiger partial charge in [0.15, 0.2) is 21.3 Å². The third-order valence-electron chi connectivity index (χ3n) is 9.66. The first-order valence-electron chi connectivity index (χ1n) is 16.1. The van der Waals surface area contributed by atoms with Crippen LogP contribution in [0.2, 0.25) is 0 Å². The number of sulfone groups is 1. The maximum absolute atomic E-state index is 13.1. The van der Waals surface area contributed by atoms with Crippen LogP contribution in [-0.4, -0.2) is 104 Å². The number of nitrogens with two attached hydrogens (primary N) is 1. The average Bonchev–Trinajstić information content (AvgIpc) is 2.98. The first kappa shape index (κ1) is 33.1. The highest BCUT2D eigenvalue weighted by Crippen LogP contribution is 2.27. The van der Waals surface area contributed by atoms with Gasteiger partial charge in [0.2, 0.25) is 5.91 Å². The van der Waals surface area contributed by atoms with Gasteiger partial charge in [0.25, 0.3) is 5.91 Å². The molecule has 0 aliphatic carbocycles. The van der Waals surface area contributed by atoms with Crippen molar-refractivity contribution in [3.8, 4) is 0 Å². The van der Waals surface area contributed by atoms with Crippen LogP contribution in [0.5, 0.6) is 0 Å². The number of benzene rings is 1. The lowest BCUT2D eigenvalue weighted by atomic mass is 9.90. The standard InChI is InChI=1S/C32H48N8O4S/c1-21(2)22(3)39-14-11-23(12-15-39)17-38-18-24(19-38)32(42)36-26-6-5-13-40(20-26)28-16-34-29(30(33)41)31(37-28)35-25-7-9-27(10-8-25)45(4,43)44/h7-10,16,21-24,26H,5-6,11-15,17-20H2,1-4H3,(H2,33,41)(H,35,37)(H,36,42)/t22-,26?/m0/s1. The second kappa shape index (κ2) is 14.0. The zero-order chi connectivity index (χ0) is 32.3. The zero-order valence-corrected chi connectivity index (χ0v) is 27.7. The molecule has 0 spiro atoms. The van der Waals surface area contributed by atoms with Crippen LogP contribution >= 0.6 is 0 Å². The van der Waals surface area contributed by atoms with Crippen molar-refractivity contribution in [2.45, 2.75) is 63.4 Å². The maximum atomic E-state index is 13.1. The quantitative estimate of drug-likeness (QED) is 0.334. The number of rotatable bonds is 11. The van der Waals surface area contributed by atoms with Gasteiger partial charge in [-0.15, -0.1) is 0 Å². The summed E-state index contributed by atoms with van der Waals surface area (Å²) in [5.74, 6) is 1.57. The molecule has 1 unspecified atom stereocenters. The number of amides is 2. The summed E-state index contributed by atoms with van der Waals surface area (Å²) in [6.07, 6.45) is 6.91. The van der Waals surface area contributed by atoms with Gasteiger partial charge in [-0.05, 0) is 81.8 Å². The van der Waals surface area contributed by atoms with Crippen molar-refractivity contribution >= 4 is 39.0 Å². The highest BCUT2D eigenvalue weighted by molar-refractivity contribution is 7.90. The minimum absolute atomic E-state index is 0.00913. The topological polar surface area (TPSA) is 154 Å². The van der Waals surface area contributed by atoms with Gasteiger partial charge in [0.1, 0.15) is 5.82 Å². The molecule has 3 aliphatic heterocycles. The van der Waals surface area contributed by atoms with Gasteiger partial charge in [0, 0.05) is 56.8 Å². The first-order chi connectivity index (χ1) is 21.4. The number of nitrogens with zero attached hydrogens (tertiary/aromatic N) is 5. The van der Waals surface area contributed by atoms with Gasteiger partial charge < -0.3 is 31.1 Å². The minimum atomic E-state index is -3.34. The van der Waals surface area contributed by atoms with Gasteiger partial charge in [-0.2, -0.15) is 0 Å². The Morgan fingerprint density at radius 3 is 2.33 bits per heavy atom. The van der Waals surface area contributed by atoms with Crippen LogP contribution in [0.3, 0.4) is 0 Å². The molecule has 3 fully saturated rings. The molecular formula is C32H48N8O4S. The number of hydrogen-bond acceptors (Lipinski definition) is 10. The van der Waals surface area contributed by atoms with E-state index < -0.39 is 15.7 Å². The number of hydrogen-bond donors (Lipinski definition) is 3. The number of primary amides is 1. The van der Waals surface area contributed by atoms with E-state index in [4.69, 9.17) is 5.73 Å². The van der Waals surface area contributed by atoms with Crippen molar-refractivity contribution in [3.05, 3.63) is 36.2 Å². The van der Waals surface area contributed by atoms with Gasteiger partial charge in [-0.25, -0.2) is 18.4 Å². The van der Waals surface area contributed by atoms with Gasteiger partial charge >= 0.3 is 0 Å². The number of likely N-dealkylation sites (tertiary alicyclic amines) is 2. The molecule has 45 heavy (non-hydrogen) atoms. The predicted octanol–water partition coefficient (Wildman–Crippen LogP) is 2.50. The molecule has 2 atom stereocenters. The fraction of sp³-hybridized carbons (Fsp3) is 0.625. The number of aromatic nitrogens is 2. The summed E-state index contributed by atoms with van der Waals surface area (Å²) >= 11 is 0. The Balaban J connectivity index is 1.12. The van der Waals surface area contributed by atoms with Crippen molar-refractivity contribution < 1.29 is 18.0 Å². The molecule has 3 saturated heterocycles. The molecule has 3 aliphatic rings. The lowest BCUT2D eigenvalue weighted by Crippen LogP contribution is -2.58. The third-order valence-corrected chi connectivity index (χ3v) is 10.8. The fourth-order valence-electron chi connectivity index (χ4n) is 6.56. The summed E-state index contributed by atoms with van der Waals surface area (Å²) in [5.41, 5.74) is 6.09. The summed E-state index contributed by atoms with van der Waals surface area (Å²) in [4.78, 5) is 41.5. The van der Waals surface area contributed by atoms with Crippen molar-refractivity contribution in [1.29, 1.82) is 0 Å². The van der Waals surface area contributed by atoms with Crippen LogP contribution in [0.15, 0.2) is 35.4 Å². The molecular weight excluding hydrogens is 592 g/mol. The Morgan fingerprint density at radius 1 is 1.02 bits per heavy atom. The summed E-state index contributed by atoms with van der Waals surface area (Å²) in [6, 6.07) is 6.78. The molecule has 0 saturated carbocycles. The highest BCUT2D eigenvalue weighted by atomic mass is 32.2. The van der Waals surface area contributed by atoms with Gasteiger partial charge in [-0.1, -0.05) is 13.8 Å². The van der Waals surface area contributed by atoms with Crippen molar-refractivity contribution in [1.82, 2.24) is 25.1 Å². The predicted molar refractivity (Wildman–Crippen MR) is 175 cm³/mol. The number of nitrogens with one attached hydrogen (secondary N) is 2. The van der Waals surface area contributed by atoms with Crippen molar-refractivity contribution in [2.75, 3.05) is 62.3 Å².